The van der Waals surface area contributed by atoms with Crippen molar-refractivity contribution in [1.82, 2.24) is 5.32 Å². The smallest absolute Gasteiger partial charge is 0.149 e. The predicted octanol–water partition coefficient (Wildman–Crippen LogP) is 2.54. The molecule has 0 radical (unpaired) electrons. The normalized spacial score (nSPS) is 20.1. The van der Waals surface area contributed by atoms with Crippen LogP contribution >= 0.6 is 0 Å². The summed E-state index contributed by atoms with van der Waals surface area (Å²) < 4.78 is 27.4. The Bertz CT molecular complexity index is 384. The topological polar surface area (TPSA) is 15.3 Å². The highest BCUT2D eigenvalue weighted by Crippen LogP contribution is 2.26. The van der Waals surface area contributed by atoms with Crippen molar-refractivity contribution in [3.05, 3.63) is 29.8 Å². The summed E-state index contributed by atoms with van der Waals surface area (Å²) in [6.07, 6.45) is 0.886. The van der Waals surface area contributed by atoms with Crippen molar-refractivity contribution < 1.29 is 8.78 Å². The van der Waals surface area contributed by atoms with Crippen LogP contribution in [0.2, 0.25) is 0 Å². The molecule has 1 N–H and O–H groups in total. The molecule has 0 aliphatic carbocycles. The average Bonchev–Trinajstić information content (AvgIpc) is 2.39. The fraction of sp³-hybridized carbons (Fsp3) is 0.538. The van der Waals surface area contributed by atoms with Gasteiger partial charge in [0, 0.05) is 18.6 Å². The number of anilines is 1. The highest BCUT2D eigenvalue weighted by atomic mass is 19.1. The lowest BCUT2D eigenvalue weighted by atomic mass is 10.1. The van der Waals surface area contributed by atoms with E-state index in [2.05, 4.69) is 5.32 Å². The summed E-state index contributed by atoms with van der Waals surface area (Å²) in [5.74, 6) is -0.967. The van der Waals surface area contributed by atoms with Crippen LogP contribution in [0.1, 0.15) is 20.3 Å². The predicted molar refractivity (Wildman–Crippen MR) is 65.3 cm³/mol. The standard InChI is InChI=1S/C13H18F2N2/c1-13(2)9-17(8-4-7-16-13)12-10(14)5-3-6-11(12)15/h3,5-6,16H,4,7-9H2,1-2H3. The molecule has 1 aromatic rings. The second-order valence-electron chi connectivity index (χ2n) is 5.16. The van der Waals surface area contributed by atoms with Gasteiger partial charge >= 0.3 is 0 Å². The Hall–Kier alpha value is -1.16. The second kappa shape index (κ2) is 4.61. The van der Waals surface area contributed by atoms with Crippen LogP contribution in [0.4, 0.5) is 14.5 Å². The van der Waals surface area contributed by atoms with E-state index in [4.69, 9.17) is 0 Å². The van der Waals surface area contributed by atoms with Gasteiger partial charge in [-0.1, -0.05) is 6.07 Å². The fourth-order valence-corrected chi connectivity index (χ4v) is 2.29. The summed E-state index contributed by atoms with van der Waals surface area (Å²) in [6, 6.07) is 4.02. The van der Waals surface area contributed by atoms with Crippen LogP contribution in [0.3, 0.4) is 0 Å². The number of halogens is 2. The first-order valence-corrected chi connectivity index (χ1v) is 5.94. The van der Waals surface area contributed by atoms with E-state index in [0.717, 1.165) is 13.0 Å². The van der Waals surface area contributed by atoms with Crippen molar-refractivity contribution in [2.45, 2.75) is 25.8 Å². The van der Waals surface area contributed by atoms with Crippen molar-refractivity contribution in [2.24, 2.45) is 0 Å². The molecule has 4 heteroatoms. The Kier molecular flexibility index (Phi) is 3.33. The average molecular weight is 240 g/mol. The molecule has 0 saturated carbocycles. The minimum Gasteiger partial charge on any atom is -0.365 e. The van der Waals surface area contributed by atoms with E-state index in [-0.39, 0.29) is 11.2 Å². The number of para-hydroxylation sites is 1. The van der Waals surface area contributed by atoms with Crippen LogP contribution in [0, 0.1) is 11.6 Å². The monoisotopic (exact) mass is 240 g/mol. The molecule has 0 atom stereocenters. The Morgan fingerprint density at radius 1 is 1.24 bits per heavy atom. The van der Waals surface area contributed by atoms with Crippen molar-refractivity contribution in [1.29, 1.82) is 0 Å². The SMILES string of the molecule is CC1(C)CN(c2c(F)cccc2F)CCCN1. The Labute approximate surface area is 101 Å². The van der Waals surface area contributed by atoms with Gasteiger partial charge in [-0.25, -0.2) is 8.78 Å². The van der Waals surface area contributed by atoms with Crippen LogP contribution in [0.15, 0.2) is 18.2 Å². The van der Waals surface area contributed by atoms with Gasteiger partial charge in [-0.2, -0.15) is 0 Å². The van der Waals surface area contributed by atoms with Crippen molar-refractivity contribution in [2.75, 3.05) is 24.5 Å². The zero-order valence-corrected chi connectivity index (χ0v) is 10.3. The van der Waals surface area contributed by atoms with Crippen molar-refractivity contribution in [3.63, 3.8) is 0 Å². The summed E-state index contributed by atoms with van der Waals surface area (Å²) in [4.78, 5) is 1.80. The van der Waals surface area contributed by atoms with Gasteiger partial charge < -0.3 is 10.2 Å². The Morgan fingerprint density at radius 2 is 1.88 bits per heavy atom. The molecule has 1 saturated heterocycles. The highest BCUT2D eigenvalue weighted by Gasteiger charge is 2.27. The first-order valence-electron chi connectivity index (χ1n) is 5.94. The van der Waals surface area contributed by atoms with Crippen LogP contribution in [-0.2, 0) is 0 Å². The van der Waals surface area contributed by atoms with Gasteiger partial charge in [0.2, 0.25) is 0 Å². The molecule has 1 heterocycles. The second-order valence-corrected chi connectivity index (χ2v) is 5.16. The van der Waals surface area contributed by atoms with Crippen LogP contribution in [0.25, 0.3) is 0 Å². The van der Waals surface area contributed by atoms with Gasteiger partial charge in [-0.05, 0) is 38.9 Å². The number of nitrogens with zero attached hydrogens (tertiary/aromatic N) is 1. The zero-order valence-electron chi connectivity index (χ0n) is 10.3. The highest BCUT2D eigenvalue weighted by molar-refractivity contribution is 5.49. The third kappa shape index (κ3) is 2.75. The summed E-state index contributed by atoms with van der Waals surface area (Å²) in [5.41, 5.74) is -0.0325. The minimum absolute atomic E-state index is 0.101. The molecule has 17 heavy (non-hydrogen) atoms. The van der Waals surface area contributed by atoms with Crippen LogP contribution < -0.4 is 10.2 Å². The molecule has 1 fully saturated rings. The van der Waals surface area contributed by atoms with Crippen LogP contribution in [0.5, 0.6) is 0 Å². The summed E-state index contributed by atoms with van der Waals surface area (Å²) in [6.45, 7) is 6.24. The number of hydrogen-bond acceptors (Lipinski definition) is 2. The lowest BCUT2D eigenvalue weighted by Crippen LogP contribution is -2.46. The molecule has 2 nitrogen and oxygen atoms in total. The molecule has 94 valence electrons. The van der Waals surface area contributed by atoms with Crippen molar-refractivity contribution >= 4 is 5.69 Å². The van der Waals surface area contributed by atoms with E-state index < -0.39 is 11.6 Å². The van der Waals surface area contributed by atoms with Gasteiger partial charge in [-0.3, -0.25) is 0 Å². The molecule has 0 aromatic heterocycles. The van der Waals surface area contributed by atoms with Gasteiger partial charge in [0.25, 0.3) is 0 Å². The van der Waals surface area contributed by atoms with E-state index in [1.54, 1.807) is 4.90 Å². The van der Waals surface area contributed by atoms with E-state index in [0.29, 0.717) is 13.1 Å². The first-order chi connectivity index (χ1) is 7.99. The molecule has 0 unspecified atom stereocenters. The van der Waals surface area contributed by atoms with Gasteiger partial charge in [0.1, 0.15) is 17.3 Å². The van der Waals surface area contributed by atoms with Gasteiger partial charge in [-0.15, -0.1) is 0 Å². The summed E-state index contributed by atoms with van der Waals surface area (Å²) in [7, 11) is 0. The number of rotatable bonds is 1. The molecule has 2 rings (SSSR count). The van der Waals surface area contributed by atoms with Crippen LogP contribution in [-0.4, -0.2) is 25.2 Å². The minimum atomic E-state index is -0.484. The molecular formula is C13H18F2N2. The third-order valence-electron chi connectivity index (χ3n) is 3.05. The summed E-state index contributed by atoms with van der Waals surface area (Å²) >= 11 is 0. The van der Waals surface area contributed by atoms with Gasteiger partial charge in [0.15, 0.2) is 0 Å². The first kappa shape index (κ1) is 12.3. The van der Waals surface area contributed by atoms with E-state index in [1.807, 2.05) is 13.8 Å². The maximum Gasteiger partial charge on any atom is 0.149 e. The lowest BCUT2D eigenvalue weighted by Gasteiger charge is -2.31. The molecular weight excluding hydrogens is 222 g/mol. The third-order valence-corrected chi connectivity index (χ3v) is 3.05. The molecule has 1 aliphatic rings. The quantitative estimate of drug-likeness (QED) is 0.811. The molecule has 0 bridgehead atoms. The molecule has 1 aliphatic heterocycles. The van der Waals surface area contributed by atoms with Gasteiger partial charge in [0.05, 0.1) is 0 Å². The molecule has 0 amide bonds. The largest absolute Gasteiger partial charge is 0.365 e. The molecule has 1 aromatic carbocycles. The number of hydrogen-bond donors (Lipinski definition) is 1. The molecule has 0 spiro atoms. The fourth-order valence-electron chi connectivity index (χ4n) is 2.29. The maximum absolute atomic E-state index is 13.7. The Morgan fingerprint density at radius 3 is 2.53 bits per heavy atom. The number of benzene rings is 1. The van der Waals surface area contributed by atoms with E-state index >= 15 is 0 Å². The van der Waals surface area contributed by atoms with E-state index in [1.165, 1.54) is 18.2 Å². The van der Waals surface area contributed by atoms with Crippen molar-refractivity contribution in [3.8, 4) is 0 Å². The summed E-state index contributed by atoms with van der Waals surface area (Å²) in [5, 5.41) is 3.37. The maximum atomic E-state index is 13.7. The Balaban J connectivity index is 2.32. The van der Waals surface area contributed by atoms with E-state index in [9.17, 15) is 8.78 Å². The lowest BCUT2D eigenvalue weighted by molar-refractivity contribution is 0.413. The number of nitrogens with one attached hydrogen (secondary N) is 1. The zero-order chi connectivity index (χ0) is 12.5.